The second-order valence-corrected chi connectivity index (χ2v) is 5.00. The Kier molecular flexibility index (Phi) is 1.45. The number of nitrogens with one attached hydrogen (secondary N) is 1. The van der Waals surface area contributed by atoms with Crippen LogP contribution in [0.1, 0.15) is 24.0 Å². The van der Waals surface area contributed by atoms with E-state index in [9.17, 15) is 4.79 Å². The summed E-state index contributed by atoms with van der Waals surface area (Å²) in [7, 11) is 0. The lowest BCUT2D eigenvalue weighted by molar-refractivity contribution is -0.117. The average Bonchev–Trinajstić information content (AvgIpc) is 2.86. The van der Waals surface area contributed by atoms with Crippen LogP contribution >= 0.6 is 15.9 Å². The summed E-state index contributed by atoms with van der Waals surface area (Å²) in [6.07, 6.45) is 2.01. The molecule has 72 valence electrons. The van der Waals surface area contributed by atoms with Gasteiger partial charge in [-0.3, -0.25) is 4.79 Å². The zero-order chi connectivity index (χ0) is 9.92. The number of hydrogen-bond acceptors (Lipinski definition) is 1. The number of rotatable bonds is 0. The lowest BCUT2D eigenvalue weighted by atomic mass is 9.93. The Bertz CT molecular complexity index is 449. The Hall–Kier alpha value is -0.830. The number of carbonyl (C=O) groups is 1. The molecule has 1 aliphatic heterocycles. The van der Waals surface area contributed by atoms with Crippen LogP contribution in [-0.2, 0) is 10.2 Å². The lowest BCUT2D eigenvalue weighted by Crippen LogP contribution is -2.18. The molecular formula is C11H10BrNO. The number of aryl methyl sites for hydroxylation is 1. The fourth-order valence-electron chi connectivity index (χ4n) is 2.37. The van der Waals surface area contributed by atoms with Crippen LogP contribution in [0.3, 0.4) is 0 Å². The summed E-state index contributed by atoms with van der Waals surface area (Å²) in [5.41, 5.74) is 3.27. The Labute approximate surface area is 90.8 Å². The van der Waals surface area contributed by atoms with E-state index in [1.54, 1.807) is 0 Å². The zero-order valence-corrected chi connectivity index (χ0v) is 9.44. The highest BCUT2D eigenvalue weighted by molar-refractivity contribution is 9.10. The predicted molar refractivity (Wildman–Crippen MR) is 58.4 cm³/mol. The number of fused-ring (bicyclic) bond motifs is 2. The zero-order valence-electron chi connectivity index (χ0n) is 7.86. The quantitative estimate of drug-likeness (QED) is 0.755. The van der Waals surface area contributed by atoms with Crippen LogP contribution in [0.4, 0.5) is 5.69 Å². The molecule has 1 saturated carbocycles. The highest BCUT2D eigenvalue weighted by Gasteiger charge is 2.57. The normalized spacial score (nSPS) is 20.9. The minimum Gasteiger partial charge on any atom is -0.324 e. The van der Waals surface area contributed by atoms with Crippen LogP contribution in [0.25, 0.3) is 0 Å². The van der Waals surface area contributed by atoms with Gasteiger partial charge in [-0.15, -0.1) is 0 Å². The molecule has 3 heteroatoms. The Morgan fingerprint density at radius 2 is 2.14 bits per heavy atom. The summed E-state index contributed by atoms with van der Waals surface area (Å²) in [6.45, 7) is 2.08. The summed E-state index contributed by atoms with van der Waals surface area (Å²) in [5, 5.41) is 2.97. The summed E-state index contributed by atoms with van der Waals surface area (Å²) in [5.74, 6) is 0.183. The maximum atomic E-state index is 11.8. The molecule has 1 spiro atoms. The van der Waals surface area contributed by atoms with Crippen molar-refractivity contribution in [2.45, 2.75) is 25.2 Å². The third-order valence-corrected chi connectivity index (χ3v) is 3.93. The number of carbonyl (C=O) groups excluding carboxylic acids is 1. The van der Waals surface area contributed by atoms with Crippen molar-refractivity contribution < 1.29 is 4.79 Å². The minimum atomic E-state index is -0.163. The van der Waals surface area contributed by atoms with Gasteiger partial charge in [0, 0.05) is 4.47 Å². The molecule has 1 aliphatic carbocycles. The van der Waals surface area contributed by atoms with Crippen molar-refractivity contribution in [3.05, 3.63) is 27.7 Å². The first-order valence-electron chi connectivity index (χ1n) is 4.76. The van der Waals surface area contributed by atoms with Crippen LogP contribution in [0.2, 0.25) is 0 Å². The molecule has 0 bridgehead atoms. The van der Waals surface area contributed by atoms with Gasteiger partial charge in [0.15, 0.2) is 0 Å². The maximum Gasteiger partial charge on any atom is 0.235 e. The van der Waals surface area contributed by atoms with E-state index in [0.29, 0.717) is 0 Å². The first-order valence-corrected chi connectivity index (χ1v) is 5.55. The Morgan fingerprint density at radius 3 is 2.79 bits per heavy atom. The Morgan fingerprint density at radius 1 is 1.43 bits per heavy atom. The molecule has 2 aliphatic rings. The molecule has 0 unspecified atom stereocenters. The van der Waals surface area contributed by atoms with E-state index in [2.05, 4.69) is 34.2 Å². The first kappa shape index (κ1) is 8.48. The highest BCUT2D eigenvalue weighted by Crippen LogP contribution is 2.57. The fraction of sp³-hybridized carbons (Fsp3) is 0.364. The van der Waals surface area contributed by atoms with Gasteiger partial charge in [-0.25, -0.2) is 0 Å². The van der Waals surface area contributed by atoms with E-state index in [4.69, 9.17) is 0 Å². The van der Waals surface area contributed by atoms with Crippen LogP contribution in [0.15, 0.2) is 16.6 Å². The average molecular weight is 252 g/mol. The summed E-state index contributed by atoms with van der Waals surface area (Å²) in [4.78, 5) is 11.8. The topological polar surface area (TPSA) is 29.1 Å². The lowest BCUT2D eigenvalue weighted by Gasteiger charge is -2.08. The van der Waals surface area contributed by atoms with Gasteiger partial charge in [-0.05, 0) is 52.9 Å². The molecule has 14 heavy (non-hydrogen) atoms. The van der Waals surface area contributed by atoms with Gasteiger partial charge in [0.1, 0.15) is 0 Å². The second kappa shape index (κ2) is 2.40. The van der Waals surface area contributed by atoms with Crippen molar-refractivity contribution in [1.82, 2.24) is 0 Å². The van der Waals surface area contributed by atoms with Gasteiger partial charge in [0.25, 0.3) is 0 Å². The summed E-state index contributed by atoms with van der Waals surface area (Å²) in [6, 6.07) is 4.07. The number of halogens is 1. The van der Waals surface area contributed by atoms with Crippen molar-refractivity contribution in [2.75, 3.05) is 5.32 Å². The van der Waals surface area contributed by atoms with Gasteiger partial charge in [0.05, 0.1) is 11.1 Å². The highest BCUT2D eigenvalue weighted by atomic mass is 79.9. The van der Waals surface area contributed by atoms with E-state index in [0.717, 1.165) is 23.0 Å². The molecule has 0 aromatic heterocycles. The number of amides is 1. The van der Waals surface area contributed by atoms with Crippen molar-refractivity contribution in [2.24, 2.45) is 0 Å². The van der Waals surface area contributed by atoms with Crippen molar-refractivity contribution in [3.63, 3.8) is 0 Å². The van der Waals surface area contributed by atoms with E-state index >= 15 is 0 Å². The third-order valence-electron chi connectivity index (χ3n) is 3.26. The minimum absolute atomic E-state index is 0.163. The molecule has 1 amide bonds. The second-order valence-electron chi connectivity index (χ2n) is 4.15. The maximum absolute atomic E-state index is 11.8. The number of benzene rings is 1. The predicted octanol–water partition coefficient (Wildman–Crippen LogP) is 2.74. The van der Waals surface area contributed by atoms with Crippen molar-refractivity contribution in [3.8, 4) is 0 Å². The molecule has 1 fully saturated rings. The van der Waals surface area contributed by atoms with Crippen LogP contribution in [0, 0.1) is 6.92 Å². The van der Waals surface area contributed by atoms with E-state index in [1.165, 1.54) is 11.1 Å². The van der Waals surface area contributed by atoms with Gasteiger partial charge < -0.3 is 5.32 Å². The van der Waals surface area contributed by atoms with Gasteiger partial charge in [-0.1, -0.05) is 6.07 Å². The standard InChI is InChI=1S/C11H10BrNO/c1-6-2-3-7(12)9-8(6)11(4-5-11)10(14)13-9/h2-3H,4-5H2,1H3,(H,13,14). The molecule has 0 saturated heterocycles. The molecule has 2 nitrogen and oxygen atoms in total. The summed E-state index contributed by atoms with van der Waals surface area (Å²) < 4.78 is 0.996. The SMILES string of the molecule is Cc1ccc(Br)c2c1C1(CC1)C(=O)N2. The first-order chi connectivity index (χ1) is 6.65. The van der Waals surface area contributed by atoms with Gasteiger partial charge in [0.2, 0.25) is 5.91 Å². The number of anilines is 1. The van der Waals surface area contributed by atoms with Crippen LogP contribution in [0.5, 0.6) is 0 Å². The molecule has 1 aromatic carbocycles. The van der Waals surface area contributed by atoms with E-state index < -0.39 is 0 Å². The molecule has 0 radical (unpaired) electrons. The van der Waals surface area contributed by atoms with Crippen LogP contribution < -0.4 is 5.32 Å². The van der Waals surface area contributed by atoms with Crippen molar-refractivity contribution >= 4 is 27.5 Å². The number of hydrogen-bond donors (Lipinski definition) is 1. The van der Waals surface area contributed by atoms with Crippen molar-refractivity contribution in [1.29, 1.82) is 0 Å². The van der Waals surface area contributed by atoms with E-state index in [1.807, 2.05) is 6.07 Å². The largest absolute Gasteiger partial charge is 0.324 e. The van der Waals surface area contributed by atoms with Gasteiger partial charge >= 0.3 is 0 Å². The molecular weight excluding hydrogens is 242 g/mol. The smallest absolute Gasteiger partial charge is 0.235 e. The molecule has 1 heterocycles. The fourth-order valence-corrected chi connectivity index (χ4v) is 2.80. The molecule has 1 N–H and O–H groups in total. The molecule has 3 rings (SSSR count). The third kappa shape index (κ3) is 0.836. The Balaban J connectivity index is 2.32. The van der Waals surface area contributed by atoms with Crippen LogP contribution in [-0.4, -0.2) is 5.91 Å². The molecule has 0 atom stereocenters. The molecule has 1 aromatic rings. The van der Waals surface area contributed by atoms with E-state index in [-0.39, 0.29) is 11.3 Å². The van der Waals surface area contributed by atoms with Gasteiger partial charge in [-0.2, -0.15) is 0 Å². The summed E-state index contributed by atoms with van der Waals surface area (Å²) >= 11 is 3.47. The monoisotopic (exact) mass is 251 g/mol.